The lowest BCUT2D eigenvalue weighted by atomic mass is 10.1. The van der Waals surface area contributed by atoms with Gasteiger partial charge in [-0.05, 0) is 19.4 Å². The molecule has 2 aliphatic rings. The number of rotatable bonds is 5. The molecule has 1 aliphatic carbocycles. The van der Waals surface area contributed by atoms with Gasteiger partial charge in [0.1, 0.15) is 5.82 Å². The smallest absolute Gasteiger partial charge is 0.227 e. The number of piperazine rings is 1. The fraction of sp³-hybridized carbons (Fsp3) is 0.524. The summed E-state index contributed by atoms with van der Waals surface area (Å²) in [5.74, 6) is 1.83. The third kappa shape index (κ3) is 3.98. The van der Waals surface area contributed by atoms with Crippen molar-refractivity contribution in [2.45, 2.75) is 38.6 Å². The minimum atomic E-state index is 0.554. The van der Waals surface area contributed by atoms with Gasteiger partial charge in [0.15, 0.2) is 0 Å². The van der Waals surface area contributed by atoms with Crippen molar-refractivity contribution in [3.63, 3.8) is 0 Å². The second-order valence-electron chi connectivity index (χ2n) is 7.35. The highest BCUT2D eigenvalue weighted by Crippen LogP contribution is 2.26. The number of aromatic nitrogens is 2. The van der Waals surface area contributed by atoms with E-state index in [1.807, 2.05) is 6.07 Å². The molecule has 26 heavy (non-hydrogen) atoms. The normalized spacial score (nSPS) is 19.0. The highest BCUT2D eigenvalue weighted by Gasteiger charge is 2.21. The van der Waals surface area contributed by atoms with Gasteiger partial charge < -0.3 is 15.1 Å². The predicted molar refractivity (Wildman–Crippen MR) is 108 cm³/mol. The molecule has 5 heteroatoms. The largest absolute Gasteiger partial charge is 0.367 e. The van der Waals surface area contributed by atoms with Crippen molar-refractivity contribution in [3.8, 4) is 11.3 Å². The molecule has 0 atom stereocenters. The van der Waals surface area contributed by atoms with E-state index in [9.17, 15) is 0 Å². The van der Waals surface area contributed by atoms with Crippen LogP contribution in [0, 0.1) is 0 Å². The van der Waals surface area contributed by atoms with Crippen molar-refractivity contribution < 1.29 is 0 Å². The molecule has 0 bridgehead atoms. The SMILES string of the molecule is CCN1CCN(c2nc(NC3CCCC3)cc(-c3ccccc3)n2)CC1. The van der Waals surface area contributed by atoms with Crippen LogP contribution < -0.4 is 10.2 Å². The van der Waals surface area contributed by atoms with Crippen LogP contribution in [-0.2, 0) is 0 Å². The molecule has 138 valence electrons. The third-order valence-corrected chi connectivity index (χ3v) is 5.59. The molecule has 1 aromatic heterocycles. The number of nitrogens with zero attached hydrogens (tertiary/aromatic N) is 4. The van der Waals surface area contributed by atoms with Gasteiger partial charge in [-0.2, -0.15) is 4.98 Å². The molecule has 2 heterocycles. The zero-order valence-corrected chi connectivity index (χ0v) is 15.7. The van der Waals surface area contributed by atoms with Crippen molar-refractivity contribution in [1.82, 2.24) is 14.9 Å². The molecule has 4 rings (SSSR count). The molecular formula is C21H29N5. The van der Waals surface area contributed by atoms with Gasteiger partial charge in [0.2, 0.25) is 5.95 Å². The molecule has 1 aromatic carbocycles. The summed E-state index contributed by atoms with van der Waals surface area (Å²) in [7, 11) is 0. The van der Waals surface area contributed by atoms with E-state index in [1.165, 1.54) is 25.7 Å². The summed E-state index contributed by atoms with van der Waals surface area (Å²) >= 11 is 0. The van der Waals surface area contributed by atoms with Crippen molar-refractivity contribution in [1.29, 1.82) is 0 Å². The average Bonchev–Trinajstić information content (AvgIpc) is 3.21. The third-order valence-electron chi connectivity index (χ3n) is 5.59. The van der Waals surface area contributed by atoms with Gasteiger partial charge in [-0.1, -0.05) is 50.1 Å². The molecule has 2 aromatic rings. The van der Waals surface area contributed by atoms with Crippen LogP contribution in [-0.4, -0.2) is 53.6 Å². The van der Waals surface area contributed by atoms with Crippen molar-refractivity contribution >= 4 is 11.8 Å². The Labute approximate surface area is 156 Å². The van der Waals surface area contributed by atoms with E-state index in [0.717, 1.165) is 55.7 Å². The van der Waals surface area contributed by atoms with Crippen LogP contribution in [0.3, 0.4) is 0 Å². The molecule has 5 nitrogen and oxygen atoms in total. The first-order chi connectivity index (χ1) is 12.8. The molecule has 1 saturated carbocycles. The summed E-state index contributed by atoms with van der Waals surface area (Å²) in [6.07, 6.45) is 5.13. The Morgan fingerprint density at radius 1 is 1.00 bits per heavy atom. The van der Waals surface area contributed by atoms with E-state index in [1.54, 1.807) is 0 Å². The number of benzene rings is 1. The van der Waals surface area contributed by atoms with Crippen LogP contribution >= 0.6 is 0 Å². The number of hydrogen-bond donors (Lipinski definition) is 1. The van der Waals surface area contributed by atoms with Gasteiger partial charge in [-0.25, -0.2) is 4.98 Å². The van der Waals surface area contributed by atoms with E-state index in [4.69, 9.17) is 9.97 Å². The average molecular weight is 351 g/mol. The molecule has 0 amide bonds. The van der Waals surface area contributed by atoms with E-state index >= 15 is 0 Å². The van der Waals surface area contributed by atoms with Gasteiger partial charge in [0.25, 0.3) is 0 Å². The summed E-state index contributed by atoms with van der Waals surface area (Å²) in [5.41, 5.74) is 2.16. The van der Waals surface area contributed by atoms with Crippen molar-refractivity contribution in [2.75, 3.05) is 42.9 Å². The number of anilines is 2. The molecule has 0 spiro atoms. The lowest BCUT2D eigenvalue weighted by Crippen LogP contribution is -2.46. The maximum atomic E-state index is 4.91. The van der Waals surface area contributed by atoms with E-state index in [-0.39, 0.29) is 0 Å². The van der Waals surface area contributed by atoms with Gasteiger partial charge in [0.05, 0.1) is 5.69 Å². The first-order valence-corrected chi connectivity index (χ1v) is 10.00. The van der Waals surface area contributed by atoms with E-state index in [0.29, 0.717) is 6.04 Å². The molecule has 0 unspecified atom stereocenters. The first kappa shape index (κ1) is 17.3. The highest BCUT2D eigenvalue weighted by molar-refractivity contribution is 5.64. The maximum absolute atomic E-state index is 4.91. The zero-order valence-electron chi connectivity index (χ0n) is 15.7. The number of likely N-dealkylation sites (N-methyl/N-ethyl adjacent to an activating group) is 1. The highest BCUT2D eigenvalue weighted by atomic mass is 15.3. The van der Waals surface area contributed by atoms with Crippen LogP contribution in [0.2, 0.25) is 0 Å². The monoisotopic (exact) mass is 351 g/mol. The molecule has 1 aliphatic heterocycles. The molecule has 2 fully saturated rings. The van der Waals surface area contributed by atoms with Crippen LogP contribution in [0.1, 0.15) is 32.6 Å². The molecule has 1 N–H and O–H groups in total. The van der Waals surface area contributed by atoms with Crippen molar-refractivity contribution in [2.24, 2.45) is 0 Å². The minimum absolute atomic E-state index is 0.554. The lowest BCUT2D eigenvalue weighted by molar-refractivity contribution is 0.270. The molecule has 0 radical (unpaired) electrons. The fourth-order valence-corrected chi connectivity index (χ4v) is 3.95. The van der Waals surface area contributed by atoms with E-state index < -0.39 is 0 Å². The summed E-state index contributed by atoms with van der Waals surface area (Å²) in [4.78, 5) is 14.6. The van der Waals surface area contributed by atoms with Gasteiger partial charge >= 0.3 is 0 Å². The number of hydrogen-bond acceptors (Lipinski definition) is 5. The molecule has 1 saturated heterocycles. The van der Waals surface area contributed by atoms with Crippen LogP contribution in [0.5, 0.6) is 0 Å². The topological polar surface area (TPSA) is 44.3 Å². The van der Waals surface area contributed by atoms with Gasteiger partial charge in [-0.3, -0.25) is 0 Å². The van der Waals surface area contributed by atoms with Gasteiger partial charge in [-0.15, -0.1) is 0 Å². The predicted octanol–water partition coefficient (Wildman–Crippen LogP) is 3.64. The minimum Gasteiger partial charge on any atom is -0.367 e. The summed E-state index contributed by atoms with van der Waals surface area (Å²) in [6.45, 7) is 7.50. The van der Waals surface area contributed by atoms with Crippen molar-refractivity contribution in [3.05, 3.63) is 36.4 Å². The Balaban J connectivity index is 1.61. The summed E-state index contributed by atoms with van der Waals surface area (Å²) < 4.78 is 0. The Kier molecular flexibility index (Phi) is 5.34. The second-order valence-corrected chi connectivity index (χ2v) is 7.35. The zero-order chi connectivity index (χ0) is 17.8. The van der Waals surface area contributed by atoms with Crippen LogP contribution in [0.4, 0.5) is 11.8 Å². The summed E-state index contributed by atoms with van der Waals surface area (Å²) in [5, 5.41) is 3.66. The van der Waals surface area contributed by atoms with E-state index in [2.05, 4.69) is 52.4 Å². The molecular weight excluding hydrogens is 322 g/mol. The quantitative estimate of drug-likeness (QED) is 0.891. The first-order valence-electron chi connectivity index (χ1n) is 10.00. The van der Waals surface area contributed by atoms with Crippen LogP contribution in [0.25, 0.3) is 11.3 Å². The Hall–Kier alpha value is -2.14. The lowest BCUT2D eigenvalue weighted by Gasteiger charge is -2.34. The fourth-order valence-electron chi connectivity index (χ4n) is 3.95. The van der Waals surface area contributed by atoms with Crippen LogP contribution in [0.15, 0.2) is 36.4 Å². The maximum Gasteiger partial charge on any atom is 0.227 e. The Morgan fingerprint density at radius 3 is 2.42 bits per heavy atom. The number of nitrogens with one attached hydrogen (secondary N) is 1. The summed E-state index contributed by atoms with van der Waals surface area (Å²) in [6, 6.07) is 13.1. The second kappa shape index (κ2) is 8.04. The Morgan fingerprint density at radius 2 is 1.73 bits per heavy atom. The Bertz CT molecular complexity index is 704. The standard InChI is InChI=1S/C21H29N5/c1-2-25-12-14-26(15-13-25)21-23-19(17-8-4-3-5-9-17)16-20(24-21)22-18-10-6-7-11-18/h3-5,8-9,16,18H,2,6-7,10-15H2,1H3,(H,22,23,24). The van der Waals surface area contributed by atoms with Gasteiger partial charge in [0, 0.05) is 43.9 Å².